The zero-order valence-corrected chi connectivity index (χ0v) is 13.0. The van der Waals surface area contributed by atoms with Crippen LogP contribution in [0.5, 0.6) is 5.75 Å². The van der Waals surface area contributed by atoms with Crippen LogP contribution in [0.1, 0.15) is 38.5 Å². The number of methoxy groups -OCH3 is 1. The molecular weight excluding hydrogens is 293 g/mol. The molecule has 1 aromatic rings. The normalized spacial score (nSPS) is 24.1. The molecule has 0 spiro atoms. The first-order chi connectivity index (χ1) is 10.0. The van der Waals surface area contributed by atoms with Crippen LogP contribution in [-0.2, 0) is 10.0 Å². The molecule has 1 aromatic carbocycles. The van der Waals surface area contributed by atoms with Gasteiger partial charge in [0.15, 0.2) is 0 Å². The molecule has 1 aliphatic rings. The number of ether oxygens (including phenoxy) is 1. The van der Waals surface area contributed by atoms with Gasteiger partial charge >= 0.3 is 0 Å². The second kappa shape index (κ2) is 7.22. The topological polar surface area (TPSA) is 55.4 Å². The van der Waals surface area contributed by atoms with E-state index >= 15 is 0 Å². The van der Waals surface area contributed by atoms with Gasteiger partial charge in [0.2, 0.25) is 10.0 Å². The van der Waals surface area contributed by atoms with Crippen LogP contribution < -0.4 is 9.46 Å². The lowest BCUT2D eigenvalue weighted by Gasteiger charge is -2.22. The molecule has 0 heterocycles. The van der Waals surface area contributed by atoms with E-state index in [1.54, 1.807) is 12.1 Å². The molecule has 2 atom stereocenters. The van der Waals surface area contributed by atoms with Gasteiger partial charge in [-0.05, 0) is 49.9 Å². The van der Waals surface area contributed by atoms with Gasteiger partial charge in [0, 0.05) is 6.04 Å². The third-order valence-electron chi connectivity index (χ3n) is 3.84. The Morgan fingerprint density at radius 2 is 1.76 bits per heavy atom. The highest BCUT2D eigenvalue weighted by molar-refractivity contribution is 7.89. The summed E-state index contributed by atoms with van der Waals surface area (Å²) in [6, 6.07) is 6.08. The molecule has 0 saturated heterocycles. The number of rotatable bonds is 4. The van der Waals surface area contributed by atoms with Crippen LogP contribution in [0.25, 0.3) is 0 Å². The summed E-state index contributed by atoms with van der Waals surface area (Å²) in [5, 5.41) is 0. The summed E-state index contributed by atoms with van der Waals surface area (Å²) >= 11 is 0. The Kier molecular flexibility index (Phi) is 5.58. The van der Waals surface area contributed by atoms with Gasteiger partial charge in [0.05, 0.1) is 12.0 Å². The molecule has 0 bridgehead atoms. The SMILES string of the molecule is COc1ccc(S(=O)(=O)NC2CCCCC(F)CC2)cc1. The average Bonchev–Trinajstić information content (AvgIpc) is 2.46. The number of hydrogen-bond acceptors (Lipinski definition) is 3. The van der Waals surface area contributed by atoms with Crippen molar-refractivity contribution >= 4 is 10.0 Å². The number of sulfonamides is 1. The van der Waals surface area contributed by atoms with Crippen molar-refractivity contribution in [1.82, 2.24) is 4.72 Å². The molecule has 1 fully saturated rings. The van der Waals surface area contributed by atoms with Gasteiger partial charge < -0.3 is 4.74 Å². The quantitative estimate of drug-likeness (QED) is 0.929. The maximum Gasteiger partial charge on any atom is 0.240 e. The van der Waals surface area contributed by atoms with E-state index in [1.807, 2.05) is 0 Å². The molecule has 0 amide bonds. The molecule has 0 aliphatic heterocycles. The van der Waals surface area contributed by atoms with E-state index in [9.17, 15) is 12.8 Å². The molecule has 1 aliphatic carbocycles. The van der Waals surface area contributed by atoms with Crippen LogP contribution in [0, 0.1) is 0 Å². The van der Waals surface area contributed by atoms with Gasteiger partial charge in [0.25, 0.3) is 0 Å². The van der Waals surface area contributed by atoms with E-state index in [1.165, 1.54) is 19.2 Å². The fraction of sp³-hybridized carbons (Fsp3) is 0.600. The summed E-state index contributed by atoms with van der Waals surface area (Å²) < 4.78 is 45.8. The molecule has 2 rings (SSSR count). The Morgan fingerprint density at radius 3 is 2.43 bits per heavy atom. The fourth-order valence-corrected chi connectivity index (χ4v) is 3.89. The summed E-state index contributed by atoms with van der Waals surface area (Å²) in [6.07, 6.45) is 3.21. The largest absolute Gasteiger partial charge is 0.497 e. The van der Waals surface area contributed by atoms with Gasteiger partial charge in [-0.25, -0.2) is 17.5 Å². The Bertz CT molecular complexity index is 545. The maximum absolute atomic E-state index is 13.4. The van der Waals surface area contributed by atoms with Crippen molar-refractivity contribution < 1.29 is 17.5 Å². The van der Waals surface area contributed by atoms with Crippen LogP contribution in [0.4, 0.5) is 4.39 Å². The first kappa shape index (κ1) is 16.2. The average molecular weight is 315 g/mol. The van der Waals surface area contributed by atoms with Crippen molar-refractivity contribution in [3.63, 3.8) is 0 Å². The van der Waals surface area contributed by atoms with E-state index in [2.05, 4.69) is 4.72 Å². The first-order valence-electron chi connectivity index (χ1n) is 7.32. The minimum Gasteiger partial charge on any atom is -0.497 e. The van der Waals surface area contributed by atoms with Crippen LogP contribution >= 0.6 is 0 Å². The molecular formula is C15H22FNO3S. The first-order valence-corrected chi connectivity index (χ1v) is 8.80. The van der Waals surface area contributed by atoms with Crippen molar-refractivity contribution in [3.8, 4) is 5.75 Å². The van der Waals surface area contributed by atoms with E-state index in [4.69, 9.17) is 4.74 Å². The second-order valence-corrected chi connectivity index (χ2v) is 7.17. The molecule has 21 heavy (non-hydrogen) atoms. The summed E-state index contributed by atoms with van der Waals surface area (Å²) in [5.74, 6) is 0.611. The van der Waals surface area contributed by atoms with Gasteiger partial charge in [0.1, 0.15) is 11.9 Å². The third kappa shape index (κ3) is 4.68. The number of hydrogen-bond donors (Lipinski definition) is 1. The Balaban J connectivity index is 2.04. The van der Waals surface area contributed by atoms with Crippen molar-refractivity contribution in [1.29, 1.82) is 0 Å². The lowest BCUT2D eigenvalue weighted by molar-refractivity contribution is 0.254. The molecule has 6 heteroatoms. The standard InChI is InChI=1S/C15H22FNO3S/c1-20-14-8-10-15(11-9-14)21(18,19)17-13-5-3-2-4-12(16)6-7-13/h8-13,17H,2-7H2,1H3. The number of halogens is 1. The van der Waals surface area contributed by atoms with E-state index in [0.717, 1.165) is 19.3 Å². The Hall–Kier alpha value is -1.14. The maximum atomic E-state index is 13.4. The number of alkyl halides is 1. The molecule has 1 N–H and O–H groups in total. The number of benzene rings is 1. The van der Waals surface area contributed by atoms with Gasteiger partial charge in [-0.15, -0.1) is 0 Å². The van der Waals surface area contributed by atoms with Crippen molar-refractivity contribution in [2.75, 3.05) is 7.11 Å². The Morgan fingerprint density at radius 1 is 1.10 bits per heavy atom. The summed E-state index contributed by atoms with van der Waals surface area (Å²) in [5.41, 5.74) is 0. The van der Waals surface area contributed by atoms with Gasteiger partial charge in [-0.3, -0.25) is 0 Å². The van der Waals surface area contributed by atoms with Crippen LogP contribution in [0.15, 0.2) is 29.2 Å². The predicted molar refractivity (Wildman–Crippen MR) is 79.7 cm³/mol. The van der Waals surface area contributed by atoms with Crippen LogP contribution in [0.2, 0.25) is 0 Å². The smallest absolute Gasteiger partial charge is 0.240 e. The summed E-state index contributed by atoms with van der Waals surface area (Å²) in [4.78, 5) is 0.210. The lowest BCUT2D eigenvalue weighted by Crippen LogP contribution is -2.36. The second-order valence-electron chi connectivity index (χ2n) is 5.45. The summed E-state index contributed by atoms with van der Waals surface area (Å²) in [6.45, 7) is 0. The molecule has 1 saturated carbocycles. The highest BCUT2D eigenvalue weighted by atomic mass is 32.2. The molecule has 0 radical (unpaired) electrons. The third-order valence-corrected chi connectivity index (χ3v) is 5.38. The van der Waals surface area contributed by atoms with E-state index < -0.39 is 16.2 Å². The van der Waals surface area contributed by atoms with E-state index in [-0.39, 0.29) is 10.9 Å². The zero-order valence-electron chi connectivity index (χ0n) is 12.2. The molecule has 118 valence electrons. The number of nitrogens with one attached hydrogen (secondary N) is 1. The van der Waals surface area contributed by atoms with Crippen molar-refractivity contribution in [2.45, 2.75) is 55.6 Å². The van der Waals surface area contributed by atoms with Crippen molar-refractivity contribution in [3.05, 3.63) is 24.3 Å². The monoisotopic (exact) mass is 315 g/mol. The Labute approximate surface area is 125 Å². The fourth-order valence-electron chi connectivity index (χ4n) is 2.59. The zero-order chi connectivity index (χ0) is 15.3. The highest BCUT2D eigenvalue weighted by Gasteiger charge is 2.22. The van der Waals surface area contributed by atoms with E-state index in [0.29, 0.717) is 25.0 Å². The van der Waals surface area contributed by atoms with Crippen LogP contribution in [0.3, 0.4) is 0 Å². The molecule has 0 aromatic heterocycles. The van der Waals surface area contributed by atoms with Crippen molar-refractivity contribution in [2.24, 2.45) is 0 Å². The minimum atomic E-state index is -3.56. The predicted octanol–water partition coefficient (Wildman–Crippen LogP) is 3.03. The molecule has 2 unspecified atom stereocenters. The lowest BCUT2D eigenvalue weighted by atomic mass is 9.96. The van der Waals surface area contributed by atoms with Gasteiger partial charge in [-0.1, -0.05) is 12.8 Å². The summed E-state index contributed by atoms with van der Waals surface area (Å²) in [7, 11) is -2.03. The highest BCUT2D eigenvalue weighted by Crippen LogP contribution is 2.22. The van der Waals surface area contributed by atoms with Crippen LogP contribution in [-0.4, -0.2) is 27.7 Å². The van der Waals surface area contributed by atoms with Gasteiger partial charge in [-0.2, -0.15) is 0 Å². The minimum absolute atomic E-state index is 0.185. The molecule has 4 nitrogen and oxygen atoms in total.